The molecule has 0 saturated carbocycles. The Bertz CT molecular complexity index is 918. The van der Waals surface area contributed by atoms with E-state index < -0.39 is 12.2 Å². The second kappa shape index (κ2) is 10.8. The van der Waals surface area contributed by atoms with E-state index in [9.17, 15) is 25.5 Å². The van der Waals surface area contributed by atoms with E-state index in [1.807, 2.05) is 46.4 Å². The predicted octanol–water partition coefficient (Wildman–Crippen LogP) is 3.35. The zero-order valence-electron chi connectivity index (χ0n) is 20.6. The van der Waals surface area contributed by atoms with Gasteiger partial charge >= 0.3 is 0 Å². The van der Waals surface area contributed by atoms with Crippen LogP contribution in [0.3, 0.4) is 0 Å². The van der Waals surface area contributed by atoms with E-state index >= 15 is 0 Å². The average Bonchev–Trinajstić information content (AvgIpc) is 2.71. The average molecular weight is 461 g/mol. The number of hydrogen-bond acceptors (Lipinski definition) is 7. The number of aromatic hydroxyl groups is 2. The van der Waals surface area contributed by atoms with Gasteiger partial charge in [-0.05, 0) is 76.9 Å². The van der Waals surface area contributed by atoms with E-state index in [1.165, 1.54) is 6.07 Å². The first-order valence-corrected chi connectivity index (χ1v) is 11.3. The summed E-state index contributed by atoms with van der Waals surface area (Å²) in [6.07, 6.45) is -1.58. The van der Waals surface area contributed by atoms with Crippen molar-refractivity contribution in [2.24, 2.45) is 0 Å². The Morgan fingerprint density at radius 3 is 1.85 bits per heavy atom. The lowest BCUT2D eigenvalue weighted by Gasteiger charge is -2.37. The van der Waals surface area contributed by atoms with Crippen LogP contribution in [0, 0.1) is 0 Å². The third kappa shape index (κ3) is 7.98. The molecule has 2 unspecified atom stereocenters. The molecule has 0 amide bonds. The van der Waals surface area contributed by atoms with Crippen LogP contribution in [0.1, 0.15) is 76.0 Å². The smallest absolute Gasteiger partial charge is 0.121 e. The Kier molecular flexibility index (Phi) is 8.90. The highest BCUT2D eigenvalue weighted by Gasteiger charge is 2.26. The fraction of sp³-hybridized carbons (Fsp3) is 0.538. The van der Waals surface area contributed by atoms with Crippen LogP contribution in [-0.4, -0.2) is 54.6 Å². The predicted molar refractivity (Wildman–Crippen MR) is 130 cm³/mol. The van der Waals surface area contributed by atoms with E-state index in [2.05, 4.69) is 5.32 Å². The van der Waals surface area contributed by atoms with Gasteiger partial charge < -0.3 is 30.8 Å². The highest BCUT2D eigenvalue weighted by Crippen LogP contribution is 2.29. The number of phenolic OH excluding ortho intramolecular Hbond substituents is 1. The molecule has 0 saturated heterocycles. The molecule has 0 fully saturated rings. The van der Waals surface area contributed by atoms with Crippen molar-refractivity contribution in [2.75, 3.05) is 13.1 Å². The monoisotopic (exact) mass is 460 g/mol. The Balaban J connectivity index is 2.23. The number of nitrogens with one attached hydrogen (secondary N) is 1. The van der Waals surface area contributed by atoms with Gasteiger partial charge in [0, 0.05) is 41.8 Å². The lowest BCUT2D eigenvalue weighted by Crippen LogP contribution is -2.43. The molecule has 6 N–H and O–H groups in total. The maximum atomic E-state index is 10.9. The minimum absolute atomic E-state index is 0.0117. The standard InChI is InChI=1S/C26H40N2O5/c1-25(2,3)27-13-23(32)17-7-9-21(30)19(11-17)14-28(26(4,5)6)15-24(33)18-8-10-22(31)20(12-18)16-29/h7-12,23-24,27,29-33H,13-16H2,1-6H3. The number of nitrogens with zero attached hydrogens (tertiary/aromatic N) is 1. The number of rotatable bonds is 9. The topological polar surface area (TPSA) is 116 Å². The van der Waals surface area contributed by atoms with Crippen LogP contribution < -0.4 is 5.32 Å². The summed E-state index contributed by atoms with van der Waals surface area (Å²) in [6.45, 7) is 12.9. The Hall–Kier alpha value is -2.16. The molecule has 0 aliphatic rings. The highest BCUT2D eigenvalue weighted by molar-refractivity contribution is 5.38. The molecule has 0 heterocycles. The first-order valence-electron chi connectivity index (χ1n) is 11.3. The van der Waals surface area contributed by atoms with Crippen LogP contribution in [0.4, 0.5) is 0 Å². The molecule has 0 aliphatic carbocycles. The molecular weight excluding hydrogens is 420 g/mol. The minimum Gasteiger partial charge on any atom is -0.508 e. The molecule has 0 spiro atoms. The molecule has 0 aromatic heterocycles. The number of hydrogen-bond donors (Lipinski definition) is 6. The fourth-order valence-electron chi connectivity index (χ4n) is 3.49. The molecule has 2 atom stereocenters. The van der Waals surface area contributed by atoms with Gasteiger partial charge in [0.05, 0.1) is 18.8 Å². The summed E-state index contributed by atoms with van der Waals surface area (Å²) in [7, 11) is 0. The summed E-state index contributed by atoms with van der Waals surface area (Å²) >= 11 is 0. The van der Waals surface area contributed by atoms with Crippen molar-refractivity contribution in [3.8, 4) is 11.5 Å². The van der Waals surface area contributed by atoms with Gasteiger partial charge in [0.25, 0.3) is 0 Å². The number of aliphatic hydroxyl groups excluding tert-OH is 3. The SMILES string of the molecule is CC(C)(C)NCC(O)c1ccc(O)c(CN(CC(O)c2ccc(O)c(CO)c2)C(C)(C)C)c1. The number of benzene rings is 2. The van der Waals surface area contributed by atoms with E-state index in [4.69, 9.17) is 0 Å². The van der Waals surface area contributed by atoms with Gasteiger partial charge in [0.15, 0.2) is 0 Å². The zero-order valence-corrected chi connectivity index (χ0v) is 20.6. The van der Waals surface area contributed by atoms with Crippen molar-refractivity contribution in [3.05, 3.63) is 58.7 Å². The first kappa shape index (κ1) is 27.1. The molecule has 7 nitrogen and oxygen atoms in total. The molecule has 184 valence electrons. The molecule has 0 aliphatic heterocycles. The molecule has 7 heteroatoms. The second-order valence-electron chi connectivity index (χ2n) is 10.6. The van der Waals surface area contributed by atoms with E-state index in [0.717, 1.165) is 0 Å². The van der Waals surface area contributed by atoms with Gasteiger partial charge in [0.2, 0.25) is 0 Å². The largest absolute Gasteiger partial charge is 0.508 e. The summed E-state index contributed by atoms with van der Waals surface area (Å²) in [5.41, 5.74) is 1.87. The summed E-state index contributed by atoms with van der Waals surface area (Å²) in [6, 6.07) is 9.81. The van der Waals surface area contributed by atoms with Gasteiger partial charge in [-0.1, -0.05) is 12.1 Å². The van der Waals surface area contributed by atoms with Gasteiger partial charge in [-0.3, -0.25) is 4.90 Å². The number of β-amino-alcohol motifs (C(OH)–C–C–N with tert-alkyl or cyclic N) is 2. The van der Waals surface area contributed by atoms with Crippen molar-refractivity contribution >= 4 is 0 Å². The normalized spacial score (nSPS) is 14.5. The van der Waals surface area contributed by atoms with Crippen LogP contribution in [-0.2, 0) is 13.2 Å². The Morgan fingerprint density at radius 2 is 1.33 bits per heavy atom. The molecule has 2 rings (SSSR count). The van der Waals surface area contributed by atoms with Crippen molar-refractivity contribution in [1.29, 1.82) is 0 Å². The lowest BCUT2D eigenvalue weighted by molar-refractivity contribution is 0.0516. The Labute approximate surface area is 197 Å². The quantitative estimate of drug-likeness (QED) is 0.340. The summed E-state index contributed by atoms with van der Waals surface area (Å²) in [5, 5.41) is 54.5. The van der Waals surface area contributed by atoms with Crippen molar-refractivity contribution < 1.29 is 25.5 Å². The van der Waals surface area contributed by atoms with Crippen LogP contribution in [0.15, 0.2) is 36.4 Å². The molecule has 33 heavy (non-hydrogen) atoms. The Morgan fingerprint density at radius 1 is 0.818 bits per heavy atom. The van der Waals surface area contributed by atoms with Gasteiger partial charge in [-0.25, -0.2) is 0 Å². The molecule has 2 aromatic rings. The van der Waals surface area contributed by atoms with Gasteiger partial charge in [0.1, 0.15) is 11.5 Å². The first-order chi connectivity index (χ1) is 15.2. The van der Waals surface area contributed by atoms with Crippen molar-refractivity contribution in [3.63, 3.8) is 0 Å². The van der Waals surface area contributed by atoms with Crippen LogP contribution in [0.2, 0.25) is 0 Å². The molecule has 0 radical (unpaired) electrons. The highest BCUT2D eigenvalue weighted by atomic mass is 16.3. The zero-order chi connectivity index (χ0) is 25.0. The molecular formula is C26H40N2O5. The molecule has 0 bridgehead atoms. The summed E-state index contributed by atoms with van der Waals surface area (Å²) in [5.74, 6) is 0.119. The van der Waals surface area contributed by atoms with Crippen LogP contribution >= 0.6 is 0 Å². The van der Waals surface area contributed by atoms with Crippen LogP contribution in [0.5, 0.6) is 11.5 Å². The third-order valence-electron chi connectivity index (χ3n) is 5.68. The second-order valence-corrected chi connectivity index (χ2v) is 10.6. The fourth-order valence-corrected chi connectivity index (χ4v) is 3.49. The maximum Gasteiger partial charge on any atom is 0.121 e. The third-order valence-corrected chi connectivity index (χ3v) is 5.68. The summed E-state index contributed by atoms with van der Waals surface area (Å²) < 4.78 is 0. The maximum absolute atomic E-state index is 10.9. The van der Waals surface area contributed by atoms with Crippen LogP contribution in [0.25, 0.3) is 0 Å². The van der Waals surface area contributed by atoms with E-state index in [0.29, 0.717) is 35.3 Å². The van der Waals surface area contributed by atoms with Gasteiger partial charge in [-0.2, -0.15) is 0 Å². The van der Waals surface area contributed by atoms with Gasteiger partial charge in [-0.15, -0.1) is 0 Å². The summed E-state index contributed by atoms with van der Waals surface area (Å²) in [4.78, 5) is 2.04. The van der Waals surface area contributed by atoms with Crippen molar-refractivity contribution in [2.45, 2.75) is 78.0 Å². The van der Waals surface area contributed by atoms with Crippen molar-refractivity contribution in [1.82, 2.24) is 10.2 Å². The number of phenols is 2. The van der Waals surface area contributed by atoms with E-state index in [-0.39, 0.29) is 35.7 Å². The number of aliphatic hydroxyl groups is 3. The van der Waals surface area contributed by atoms with E-state index in [1.54, 1.807) is 30.3 Å². The molecule has 2 aromatic carbocycles. The minimum atomic E-state index is -0.859. The lowest BCUT2D eigenvalue weighted by atomic mass is 9.98.